The van der Waals surface area contributed by atoms with E-state index in [9.17, 15) is 14.0 Å². The van der Waals surface area contributed by atoms with Gasteiger partial charge in [0.2, 0.25) is 0 Å². The third-order valence-corrected chi connectivity index (χ3v) is 3.15. The number of amides is 2. The summed E-state index contributed by atoms with van der Waals surface area (Å²) in [6, 6.07) is 9.80. The second-order valence-corrected chi connectivity index (χ2v) is 4.89. The molecule has 0 fully saturated rings. The van der Waals surface area contributed by atoms with Crippen molar-refractivity contribution in [2.45, 2.75) is 6.92 Å². The maximum Gasteiger partial charge on any atom is 0.338 e. The molecule has 0 unspecified atom stereocenters. The van der Waals surface area contributed by atoms with Crippen molar-refractivity contribution in [3.63, 3.8) is 0 Å². The summed E-state index contributed by atoms with van der Waals surface area (Å²) < 4.78 is 18.5. The third kappa shape index (κ3) is 4.43. The van der Waals surface area contributed by atoms with Crippen LogP contribution in [0.15, 0.2) is 42.5 Å². The first-order valence-electron chi connectivity index (χ1n) is 6.80. The molecule has 2 rings (SSSR count). The average molecular weight is 337 g/mol. The summed E-state index contributed by atoms with van der Waals surface area (Å²) in [6.45, 7) is 2.00. The molecule has 0 spiro atoms. The lowest BCUT2D eigenvalue weighted by molar-refractivity contribution is 0.0526. The first-order chi connectivity index (χ1) is 11.0. The first kappa shape index (κ1) is 16.8. The van der Waals surface area contributed by atoms with Crippen LogP contribution >= 0.6 is 11.6 Å². The Morgan fingerprint density at radius 2 is 1.83 bits per heavy atom. The Bertz CT molecular complexity index is 720. The summed E-state index contributed by atoms with van der Waals surface area (Å²) >= 11 is 5.64. The minimum absolute atomic E-state index is 0.0295. The van der Waals surface area contributed by atoms with Gasteiger partial charge in [-0.25, -0.2) is 14.0 Å². The maximum atomic E-state index is 13.7. The van der Waals surface area contributed by atoms with Crippen LogP contribution in [0.1, 0.15) is 17.3 Å². The van der Waals surface area contributed by atoms with E-state index in [2.05, 4.69) is 10.6 Å². The van der Waals surface area contributed by atoms with E-state index in [1.807, 2.05) is 0 Å². The Kier molecular flexibility index (Phi) is 5.54. The van der Waals surface area contributed by atoms with Crippen molar-refractivity contribution in [2.75, 3.05) is 17.2 Å². The summed E-state index contributed by atoms with van der Waals surface area (Å²) in [7, 11) is 0. The molecule has 0 aliphatic heterocycles. The number of nitrogens with one attached hydrogen (secondary N) is 2. The van der Waals surface area contributed by atoms with Gasteiger partial charge in [0.25, 0.3) is 0 Å². The molecule has 2 N–H and O–H groups in total. The highest BCUT2D eigenvalue weighted by Gasteiger charge is 2.10. The maximum absolute atomic E-state index is 13.7. The molecule has 5 nitrogen and oxygen atoms in total. The minimum atomic E-state index is -0.707. The van der Waals surface area contributed by atoms with Gasteiger partial charge in [-0.2, -0.15) is 0 Å². The van der Waals surface area contributed by atoms with Crippen LogP contribution < -0.4 is 10.6 Å². The van der Waals surface area contributed by atoms with Gasteiger partial charge in [-0.05, 0) is 43.3 Å². The van der Waals surface area contributed by atoms with E-state index in [1.54, 1.807) is 19.1 Å². The van der Waals surface area contributed by atoms with Gasteiger partial charge < -0.3 is 15.4 Å². The van der Waals surface area contributed by atoms with Crippen molar-refractivity contribution in [3.05, 3.63) is 58.9 Å². The summed E-state index contributed by atoms with van der Waals surface area (Å²) in [5, 5.41) is 4.80. The minimum Gasteiger partial charge on any atom is -0.462 e. The molecule has 0 atom stereocenters. The number of hydrogen-bond donors (Lipinski definition) is 2. The molecule has 0 saturated heterocycles. The summed E-state index contributed by atoms with van der Waals surface area (Å²) in [5.41, 5.74) is 0.787. The van der Waals surface area contributed by atoms with Crippen molar-refractivity contribution < 1.29 is 18.7 Å². The van der Waals surface area contributed by atoms with E-state index in [1.165, 1.54) is 30.3 Å². The van der Waals surface area contributed by atoms with Crippen LogP contribution in [0.3, 0.4) is 0 Å². The van der Waals surface area contributed by atoms with Crippen LogP contribution in [0.25, 0.3) is 0 Å². The smallest absolute Gasteiger partial charge is 0.338 e. The third-order valence-electron chi connectivity index (χ3n) is 2.85. The van der Waals surface area contributed by atoms with Gasteiger partial charge >= 0.3 is 12.0 Å². The van der Waals surface area contributed by atoms with E-state index < -0.39 is 17.8 Å². The molecule has 2 aromatic rings. The van der Waals surface area contributed by atoms with Gasteiger partial charge in [0.1, 0.15) is 0 Å². The second-order valence-electron chi connectivity index (χ2n) is 4.48. The molecule has 0 heterocycles. The largest absolute Gasteiger partial charge is 0.462 e. The molecule has 0 aliphatic carbocycles. The highest BCUT2D eigenvalue weighted by Crippen LogP contribution is 2.22. The number of hydrogen-bond acceptors (Lipinski definition) is 3. The fraction of sp³-hybridized carbons (Fsp3) is 0.125. The summed E-state index contributed by atoms with van der Waals surface area (Å²) in [5.74, 6) is -1.15. The molecule has 7 heteroatoms. The van der Waals surface area contributed by atoms with Crippen molar-refractivity contribution in [3.8, 4) is 0 Å². The zero-order valence-electron chi connectivity index (χ0n) is 12.2. The average Bonchev–Trinajstić information content (AvgIpc) is 2.53. The van der Waals surface area contributed by atoms with E-state index in [-0.39, 0.29) is 17.3 Å². The van der Waals surface area contributed by atoms with E-state index >= 15 is 0 Å². The topological polar surface area (TPSA) is 67.4 Å². The van der Waals surface area contributed by atoms with Crippen molar-refractivity contribution in [1.82, 2.24) is 0 Å². The number of anilines is 2. The Labute approximate surface area is 137 Å². The lowest BCUT2D eigenvalue weighted by Gasteiger charge is -2.09. The van der Waals surface area contributed by atoms with Crippen LogP contribution in [-0.4, -0.2) is 18.6 Å². The van der Waals surface area contributed by atoms with Crippen LogP contribution in [0.2, 0.25) is 5.02 Å². The standard InChI is InChI=1S/C16H14ClFN2O3/c1-2-23-15(21)10-6-8-11(9-7-10)19-16(22)20-13-5-3-4-12(17)14(13)18/h3-9H,2H2,1H3,(H2,19,20,22). The highest BCUT2D eigenvalue weighted by atomic mass is 35.5. The molecule has 0 aromatic heterocycles. The number of halogens is 2. The molecular formula is C16H14ClFN2O3. The predicted octanol–water partition coefficient (Wildman–Crippen LogP) is 4.30. The molecule has 120 valence electrons. The molecule has 2 aromatic carbocycles. The Morgan fingerprint density at radius 3 is 2.48 bits per heavy atom. The fourth-order valence-corrected chi connectivity index (χ4v) is 1.96. The summed E-state index contributed by atoms with van der Waals surface area (Å²) in [4.78, 5) is 23.4. The van der Waals surface area contributed by atoms with Crippen LogP contribution in [0.5, 0.6) is 0 Å². The van der Waals surface area contributed by atoms with E-state index in [4.69, 9.17) is 16.3 Å². The Hall–Kier alpha value is -2.60. The summed E-state index contributed by atoms with van der Waals surface area (Å²) in [6.07, 6.45) is 0. The zero-order chi connectivity index (χ0) is 16.8. The molecule has 0 radical (unpaired) electrons. The molecule has 23 heavy (non-hydrogen) atoms. The molecule has 0 aliphatic rings. The number of carbonyl (C=O) groups excluding carboxylic acids is 2. The van der Waals surface area contributed by atoms with Crippen molar-refractivity contribution >= 4 is 35.0 Å². The van der Waals surface area contributed by atoms with Gasteiger partial charge in [0.15, 0.2) is 5.82 Å². The quantitative estimate of drug-likeness (QED) is 0.818. The number of rotatable bonds is 4. The van der Waals surface area contributed by atoms with E-state index in [0.717, 1.165) is 0 Å². The normalized spacial score (nSPS) is 10.0. The van der Waals surface area contributed by atoms with Crippen molar-refractivity contribution in [2.24, 2.45) is 0 Å². The SMILES string of the molecule is CCOC(=O)c1ccc(NC(=O)Nc2cccc(Cl)c2F)cc1. The number of carbonyl (C=O) groups is 2. The van der Waals surface area contributed by atoms with Gasteiger partial charge in [-0.1, -0.05) is 17.7 Å². The number of urea groups is 1. The molecule has 0 bridgehead atoms. The Balaban J connectivity index is 2.00. The van der Waals surface area contributed by atoms with Gasteiger partial charge in [-0.15, -0.1) is 0 Å². The lowest BCUT2D eigenvalue weighted by Crippen LogP contribution is -2.20. The molecular weight excluding hydrogens is 323 g/mol. The number of esters is 1. The van der Waals surface area contributed by atoms with Gasteiger partial charge in [0, 0.05) is 5.69 Å². The second kappa shape index (κ2) is 7.60. The van der Waals surface area contributed by atoms with Crippen LogP contribution in [0, 0.1) is 5.82 Å². The zero-order valence-corrected chi connectivity index (χ0v) is 13.0. The van der Waals surface area contributed by atoms with Crippen LogP contribution in [0.4, 0.5) is 20.6 Å². The molecule has 0 saturated carbocycles. The monoisotopic (exact) mass is 336 g/mol. The van der Waals surface area contributed by atoms with E-state index in [0.29, 0.717) is 11.3 Å². The first-order valence-corrected chi connectivity index (χ1v) is 7.18. The Morgan fingerprint density at radius 1 is 1.13 bits per heavy atom. The van der Waals surface area contributed by atoms with Gasteiger partial charge in [-0.3, -0.25) is 0 Å². The lowest BCUT2D eigenvalue weighted by atomic mass is 10.2. The highest BCUT2D eigenvalue weighted by molar-refractivity contribution is 6.31. The fourth-order valence-electron chi connectivity index (χ4n) is 1.79. The van der Waals surface area contributed by atoms with Crippen molar-refractivity contribution in [1.29, 1.82) is 0 Å². The number of benzene rings is 2. The predicted molar refractivity (Wildman–Crippen MR) is 86.4 cm³/mol. The van der Waals surface area contributed by atoms with Gasteiger partial charge in [0.05, 0.1) is 22.9 Å². The van der Waals surface area contributed by atoms with Crippen LogP contribution in [-0.2, 0) is 4.74 Å². The molecule has 2 amide bonds. The number of ether oxygens (including phenoxy) is 1.